The van der Waals surface area contributed by atoms with Crippen molar-refractivity contribution < 1.29 is 22.1 Å². The van der Waals surface area contributed by atoms with Crippen LogP contribution in [0.25, 0.3) is 0 Å². The molecule has 0 fully saturated rings. The highest BCUT2D eigenvalue weighted by Gasteiger charge is 2.18. The third-order valence-electron chi connectivity index (χ3n) is 2.38. The average molecular weight is 293 g/mol. The molecule has 0 aromatic rings. The van der Waals surface area contributed by atoms with Gasteiger partial charge in [0.25, 0.3) is 10.1 Å². The lowest BCUT2D eigenvalue weighted by atomic mass is 10.3. The summed E-state index contributed by atoms with van der Waals surface area (Å²) >= 11 is 0. The molecule has 0 radical (unpaired) electrons. The van der Waals surface area contributed by atoms with Crippen LogP contribution >= 0.6 is 0 Å². The maximum Gasteiger partial charge on any atom is 0.334 e. The van der Waals surface area contributed by atoms with E-state index in [9.17, 15) is 13.2 Å². The summed E-state index contributed by atoms with van der Waals surface area (Å²) in [6.45, 7) is 8.39. The molecular formula is C12H23NO5S. The average Bonchev–Trinajstić information content (AvgIpc) is 2.35. The van der Waals surface area contributed by atoms with Crippen molar-refractivity contribution in [2.45, 2.75) is 32.7 Å². The van der Waals surface area contributed by atoms with Gasteiger partial charge in [0.15, 0.2) is 0 Å². The summed E-state index contributed by atoms with van der Waals surface area (Å²) in [6, 6.07) is 0.0160. The molecule has 0 aliphatic rings. The van der Waals surface area contributed by atoms with E-state index >= 15 is 0 Å². The smallest absolute Gasteiger partial charge is 0.334 e. The number of esters is 1. The monoisotopic (exact) mass is 293 g/mol. The summed E-state index contributed by atoms with van der Waals surface area (Å²) in [5.41, 5.74) is -0.136. The van der Waals surface area contributed by atoms with Crippen molar-refractivity contribution in [1.82, 2.24) is 5.32 Å². The Kier molecular flexibility index (Phi) is 8.62. The first kappa shape index (κ1) is 18.1. The topological polar surface area (TPSA) is 81.7 Å². The third kappa shape index (κ3) is 8.74. The fourth-order valence-corrected chi connectivity index (χ4v) is 1.88. The first-order valence-electron chi connectivity index (χ1n) is 6.19. The zero-order valence-corrected chi connectivity index (χ0v) is 12.6. The third-order valence-corrected chi connectivity index (χ3v) is 3.59. The maximum atomic E-state index is 11.5. The first-order chi connectivity index (χ1) is 8.82. The molecule has 6 nitrogen and oxygen atoms in total. The Balaban J connectivity index is 4.01. The Morgan fingerprint density at radius 3 is 2.58 bits per heavy atom. The molecular weight excluding hydrogens is 270 g/mol. The number of unbranched alkanes of at least 4 members (excludes halogenated alkanes) is 1. The second-order valence-corrected chi connectivity index (χ2v) is 6.02. The van der Waals surface area contributed by atoms with Gasteiger partial charge >= 0.3 is 5.97 Å². The summed E-state index contributed by atoms with van der Waals surface area (Å²) in [6.07, 6.45) is 2.14. The molecule has 0 saturated carbocycles. The molecule has 7 heteroatoms. The molecule has 19 heavy (non-hydrogen) atoms. The summed E-state index contributed by atoms with van der Waals surface area (Å²) in [5.74, 6) is -1.27. The van der Waals surface area contributed by atoms with Gasteiger partial charge in [-0.3, -0.25) is 4.18 Å². The molecule has 1 N–H and O–H groups in total. The quantitative estimate of drug-likeness (QED) is 0.278. The van der Waals surface area contributed by atoms with Crippen molar-refractivity contribution >= 4 is 16.1 Å². The van der Waals surface area contributed by atoms with E-state index in [0.717, 1.165) is 26.5 Å². The van der Waals surface area contributed by atoms with E-state index in [1.165, 1.54) is 0 Å². The van der Waals surface area contributed by atoms with Gasteiger partial charge in [-0.25, -0.2) is 4.79 Å². The van der Waals surface area contributed by atoms with Crippen molar-refractivity contribution in [3.05, 3.63) is 12.2 Å². The number of rotatable bonds is 10. The summed E-state index contributed by atoms with van der Waals surface area (Å²) < 4.78 is 31.5. The van der Waals surface area contributed by atoms with Crippen LogP contribution in [0.1, 0.15) is 26.7 Å². The molecule has 0 aliphatic heterocycles. The summed E-state index contributed by atoms with van der Waals surface area (Å²) in [4.78, 5) is 11.5. The Morgan fingerprint density at radius 2 is 2.05 bits per heavy atom. The lowest BCUT2D eigenvalue weighted by molar-refractivity contribution is -0.139. The number of ether oxygens (including phenoxy) is 1. The Hall–Kier alpha value is -0.920. The van der Waals surface area contributed by atoms with Crippen molar-refractivity contribution in [2.75, 3.05) is 26.0 Å². The molecule has 0 amide bonds. The molecule has 1 atom stereocenters. The van der Waals surface area contributed by atoms with Crippen LogP contribution in [-0.2, 0) is 23.8 Å². The van der Waals surface area contributed by atoms with Gasteiger partial charge in [0.1, 0.15) is 12.4 Å². The molecule has 0 spiro atoms. The van der Waals surface area contributed by atoms with Crippen LogP contribution in [0, 0.1) is 0 Å². The number of hydrogen-bond donors (Lipinski definition) is 1. The van der Waals surface area contributed by atoms with Crippen molar-refractivity contribution in [1.29, 1.82) is 0 Å². The number of carbonyl (C=O) groups is 1. The van der Waals surface area contributed by atoms with Crippen LogP contribution in [0.3, 0.4) is 0 Å². The predicted octanol–water partition coefficient (Wildman–Crippen LogP) is 0.840. The maximum absolute atomic E-state index is 11.5. The van der Waals surface area contributed by atoms with Crippen LogP contribution < -0.4 is 5.32 Å². The molecule has 1 unspecified atom stereocenters. The van der Waals surface area contributed by atoms with Crippen LogP contribution in [0.2, 0.25) is 0 Å². The normalized spacial score (nSPS) is 13.0. The van der Waals surface area contributed by atoms with E-state index in [1.54, 1.807) is 0 Å². The zero-order chi connectivity index (χ0) is 14.9. The summed E-state index contributed by atoms with van der Waals surface area (Å²) in [5, 5.41) is 3.19. The van der Waals surface area contributed by atoms with Crippen LogP contribution in [0.4, 0.5) is 0 Å². The Morgan fingerprint density at radius 1 is 1.42 bits per heavy atom. The Bertz CT molecular complexity index is 391. The molecule has 0 aliphatic carbocycles. The van der Waals surface area contributed by atoms with Crippen molar-refractivity contribution in [3.63, 3.8) is 0 Å². The van der Waals surface area contributed by atoms with Crippen molar-refractivity contribution in [2.24, 2.45) is 0 Å². The van der Waals surface area contributed by atoms with Gasteiger partial charge in [-0.15, -0.1) is 0 Å². The van der Waals surface area contributed by atoms with Gasteiger partial charge < -0.3 is 10.1 Å². The van der Waals surface area contributed by atoms with Gasteiger partial charge in [0, 0.05) is 11.6 Å². The standard InChI is InChI=1S/C12H23NO5S/c1-5-6-7-13-11(3)8-18-12(14)10(2)9-19(15,16)17-4/h11,13H,2,5-9H2,1,3-4H3. The fourth-order valence-electron chi connectivity index (χ4n) is 1.22. The fraction of sp³-hybridized carbons (Fsp3) is 0.750. The molecule has 0 aromatic heterocycles. The van der Waals surface area contributed by atoms with E-state index in [-0.39, 0.29) is 18.2 Å². The van der Waals surface area contributed by atoms with Gasteiger partial charge in [0.2, 0.25) is 0 Å². The second-order valence-electron chi connectivity index (χ2n) is 4.28. The minimum atomic E-state index is -3.74. The van der Waals surface area contributed by atoms with Gasteiger partial charge in [-0.1, -0.05) is 19.9 Å². The van der Waals surface area contributed by atoms with E-state index in [0.29, 0.717) is 0 Å². The van der Waals surface area contributed by atoms with Gasteiger partial charge in [-0.2, -0.15) is 8.42 Å². The van der Waals surface area contributed by atoms with E-state index in [2.05, 4.69) is 23.0 Å². The minimum Gasteiger partial charge on any atom is -0.461 e. The molecule has 0 bridgehead atoms. The number of hydrogen-bond acceptors (Lipinski definition) is 6. The number of carbonyl (C=O) groups excluding carboxylic acids is 1. The van der Waals surface area contributed by atoms with E-state index in [4.69, 9.17) is 4.74 Å². The lowest BCUT2D eigenvalue weighted by Gasteiger charge is -2.14. The molecule has 0 rings (SSSR count). The van der Waals surface area contributed by atoms with Crippen molar-refractivity contribution in [3.8, 4) is 0 Å². The molecule has 0 heterocycles. The predicted molar refractivity (Wildman–Crippen MR) is 73.3 cm³/mol. The van der Waals surface area contributed by atoms with Crippen LogP contribution in [-0.4, -0.2) is 46.4 Å². The van der Waals surface area contributed by atoms with Crippen LogP contribution in [0.5, 0.6) is 0 Å². The molecule has 0 aromatic carbocycles. The lowest BCUT2D eigenvalue weighted by Crippen LogP contribution is -2.32. The van der Waals surface area contributed by atoms with E-state index in [1.807, 2.05) is 6.92 Å². The highest BCUT2D eigenvalue weighted by atomic mass is 32.2. The minimum absolute atomic E-state index is 0.0160. The highest BCUT2D eigenvalue weighted by Crippen LogP contribution is 2.02. The van der Waals surface area contributed by atoms with Gasteiger partial charge in [0.05, 0.1) is 7.11 Å². The zero-order valence-electron chi connectivity index (χ0n) is 11.8. The Labute approximate surface area is 115 Å². The van der Waals surface area contributed by atoms with E-state index < -0.39 is 21.8 Å². The SMILES string of the molecule is C=C(CS(=O)(=O)OC)C(=O)OCC(C)NCCCC. The first-order valence-corrected chi connectivity index (χ1v) is 7.76. The summed E-state index contributed by atoms with van der Waals surface area (Å²) in [7, 11) is -2.70. The number of nitrogens with one attached hydrogen (secondary N) is 1. The molecule has 0 saturated heterocycles. The molecule has 112 valence electrons. The highest BCUT2D eigenvalue weighted by molar-refractivity contribution is 7.86. The van der Waals surface area contributed by atoms with Gasteiger partial charge in [-0.05, 0) is 19.9 Å². The van der Waals surface area contributed by atoms with Crippen LogP contribution in [0.15, 0.2) is 12.2 Å². The second kappa shape index (κ2) is 9.06. The largest absolute Gasteiger partial charge is 0.461 e.